The highest BCUT2D eigenvalue weighted by Gasteiger charge is 2.24. The van der Waals surface area contributed by atoms with E-state index in [1.807, 2.05) is 11.0 Å². The molecule has 1 aliphatic rings. The largest absolute Gasteiger partial charge is 0.457 e. The van der Waals surface area contributed by atoms with Gasteiger partial charge in [-0.25, -0.2) is 0 Å². The zero-order valence-corrected chi connectivity index (χ0v) is 13.3. The van der Waals surface area contributed by atoms with Crippen molar-refractivity contribution >= 4 is 21.8 Å². The second-order valence-corrected chi connectivity index (χ2v) is 5.88. The maximum atomic E-state index is 12.4. The van der Waals surface area contributed by atoms with E-state index in [-0.39, 0.29) is 5.91 Å². The van der Waals surface area contributed by atoms with Crippen LogP contribution < -0.4 is 0 Å². The van der Waals surface area contributed by atoms with Gasteiger partial charge in [-0.05, 0) is 27.6 Å². The Kier molecular flexibility index (Phi) is 4.41. The fourth-order valence-electron chi connectivity index (χ4n) is 2.57. The van der Waals surface area contributed by atoms with E-state index in [2.05, 4.69) is 45.1 Å². The minimum atomic E-state index is 0.0370. The number of nitrogens with zero attached hydrogens (tertiary/aromatic N) is 2. The van der Waals surface area contributed by atoms with Gasteiger partial charge in [-0.2, -0.15) is 0 Å². The van der Waals surface area contributed by atoms with Crippen LogP contribution in [-0.4, -0.2) is 41.9 Å². The third kappa shape index (κ3) is 3.36. The lowest BCUT2D eigenvalue weighted by molar-refractivity contribution is 0.0626. The lowest BCUT2D eigenvalue weighted by Crippen LogP contribution is -2.48. The molecule has 0 atom stereocenters. The maximum Gasteiger partial charge on any atom is 0.258 e. The molecule has 1 aromatic heterocycles. The molecule has 0 saturated carbocycles. The van der Waals surface area contributed by atoms with Crippen LogP contribution in [0.3, 0.4) is 0 Å². The molecule has 110 valence electrons. The van der Waals surface area contributed by atoms with Crippen LogP contribution in [0.4, 0.5) is 0 Å². The van der Waals surface area contributed by atoms with Crippen LogP contribution in [0, 0.1) is 0 Å². The van der Waals surface area contributed by atoms with Gasteiger partial charge >= 0.3 is 0 Å². The van der Waals surface area contributed by atoms with Gasteiger partial charge < -0.3 is 9.32 Å². The molecule has 1 aliphatic heterocycles. The summed E-state index contributed by atoms with van der Waals surface area (Å²) >= 11 is 3.27. The molecular formula is C16H17BrN2O2. The first-order chi connectivity index (χ1) is 10.2. The molecule has 21 heavy (non-hydrogen) atoms. The van der Waals surface area contributed by atoms with E-state index in [1.165, 1.54) is 11.8 Å². The van der Waals surface area contributed by atoms with Gasteiger partial charge in [-0.15, -0.1) is 0 Å². The van der Waals surface area contributed by atoms with Gasteiger partial charge in [0.05, 0.1) is 11.8 Å². The number of amides is 1. The Balaban J connectivity index is 1.56. The first kappa shape index (κ1) is 14.4. The Morgan fingerprint density at radius 2 is 1.81 bits per heavy atom. The number of rotatable bonds is 3. The van der Waals surface area contributed by atoms with Crippen molar-refractivity contribution in [1.29, 1.82) is 0 Å². The van der Waals surface area contributed by atoms with Crippen LogP contribution in [0.5, 0.6) is 0 Å². The number of carbonyl (C=O) groups is 1. The lowest BCUT2D eigenvalue weighted by Gasteiger charge is -2.34. The predicted octanol–water partition coefficient (Wildman–Crippen LogP) is 3.00. The van der Waals surface area contributed by atoms with Crippen molar-refractivity contribution in [2.24, 2.45) is 0 Å². The molecule has 5 heteroatoms. The topological polar surface area (TPSA) is 36.7 Å². The zero-order chi connectivity index (χ0) is 14.7. The predicted molar refractivity (Wildman–Crippen MR) is 84.0 cm³/mol. The Labute approximate surface area is 132 Å². The quantitative estimate of drug-likeness (QED) is 0.855. The number of piperazine rings is 1. The number of carbonyl (C=O) groups excluding carboxylic acids is 1. The molecule has 3 rings (SSSR count). The lowest BCUT2D eigenvalue weighted by atomic mass is 10.2. The van der Waals surface area contributed by atoms with E-state index < -0.39 is 0 Å². The van der Waals surface area contributed by atoms with Gasteiger partial charge in [0.25, 0.3) is 5.91 Å². The van der Waals surface area contributed by atoms with Gasteiger partial charge in [0, 0.05) is 32.7 Å². The Hall–Kier alpha value is -1.59. The van der Waals surface area contributed by atoms with Crippen LogP contribution in [0.25, 0.3) is 0 Å². The van der Waals surface area contributed by atoms with Crippen LogP contribution >= 0.6 is 15.9 Å². The van der Waals surface area contributed by atoms with Crippen LogP contribution in [-0.2, 0) is 6.54 Å². The molecule has 0 spiro atoms. The average molecular weight is 349 g/mol. The van der Waals surface area contributed by atoms with E-state index >= 15 is 0 Å². The first-order valence-electron chi connectivity index (χ1n) is 7.02. The molecule has 1 saturated heterocycles. The van der Waals surface area contributed by atoms with E-state index in [4.69, 9.17) is 4.42 Å². The number of benzene rings is 1. The normalized spacial score (nSPS) is 16.1. The van der Waals surface area contributed by atoms with E-state index in [0.29, 0.717) is 10.2 Å². The molecule has 1 amide bonds. The second-order valence-electron chi connectivity index (χ2n) is 5.16. The zero-order valence-electron chi connectivity index (χ0n) is 11.7. The Bertz CT molecular complexity index is 604. The standard InChI is InChI=1S/C16H17BrN2O2/c17-15-14(6-11-21-15)16(20)19-9-7-18(8-10-19)12-13-4-2-1-3-5-13/h1-6,11H,7-10,12H2. The number of hydrogen-bond donors (Lipinski definition) is 0. The highest BCUT2D eigenvalue weighted by Crippen LogP contribution is 2.20. The molecule has 1 aromatic carbocycles. The SMILES string of the molecule is O=C(c1ccoc1Br)N1CCN(Cc2ccccc2)CC1. The minimum absolute atomic E-state index is 0.0370. The summed E-state index contributed by atoms with van der Waals surface area (Å²) in [6, 6.07) is 12.1. The van der Waals surface area contributed by atoms with Gasteiger partial charge in [0.1, 0.15) is 0 Å². The molecule has 0 radical (unpaired) electrons. The van der Waals surface area contributed by atoms with Crippen molar-refractivity contribution < 1.29 is 9.21 Å². The summed E-state index contributed by atoms with van der Waals surface area (Å²) in [5, 5.41) is 0. The highest BCUT2D eigenvalue weighted by atomic mass is 79.9. The maximum absolute atomic E-state index is 12.4. The molecule has 0 unspecified atom stereocenters. The molecule has 2 heterocycles. The molecule has 2 aromatic rings. The van der Waals surface area contributed by atoms with E-state index in [1.54, 1.807) is 6.07 Å². The third-order valence-corrected chi connectivity index (χ3v) is 4.37. The molecular weight excluding hydrogens is 332 g/mol. The number of furan rings is 1. The molecule has 0 aliphatic carbocycles. The third-order valence-electron chi connectivity index (χ3n) is 3.76. The van der Waals surface area contributed by atoms with Crippen LogP contribution in [0.2, 0.25) is 0 Å². The van der Waals surface area contributed by atoms with Gasteiger partial charge in [0.15, 0.2) is 4.67 Å². The summed E-state index contributed by atoms with van der Waals surface area (Å²) in [5.74, 6) is 0.0370. The second kappa shape index (κ2) is 6.45. The summed E-state index contributed by atoms with van der Waals surface area (Å²) in [5.41, 5.74) is 1.92. The van der Waals surface area contributed by atoms with Crippen molar-refractivity contribution in [3.05, 3.63) is 58.5 Å². The minimum Gasteiger partial charge on any atom is -0.457 e. The fourth-order valence-corrected chi connectivity index (χ4v) is 2.98. The van der Waals surface area contributed by atoms with Crippen molar-refractivity contribution in [1.82, 2.24) is 9.80 Å². The molecule has 4 nitrogen and oxygen atoms in total. The summed E-state index contributed by atoms with van der Waals surface area (Å²) in [6.07, 6.45) is 1.53. The summed E-state index contributed by atoms with van der Waals surface area (Å²) in [6.45, 7) is 4.25. The smallest absolute Gasteiger partial charge is 0.258 e. The Morgan fingerprint density at radius 1 is 1.10 bits per heavy atom. The van der Waals surface area contributed by atoms with Gasteiger partial charge in [0.2, 0.25) is 0 Å². The van der Waals surface area contributed by atoms with Crippen LogP contribution in [0.1, 0.15) is 15.9 Å². The van der Waals surface area contributed by atoms with Crippen molar-refractivity contribution in [3.8, 4) is 0 Å². The summed E-state index contributed by atoms with van der Waals surface area (Å²) in [7, 11) is 0. The Morgan fingerprint density at radius 3 is 2.43 bits per heavy atom. The molecule has 1 fully saturated rings. The van der Waals surface area contributed by atoms with E-state index in [9.17, 15) is 4.79 Å². The van der Waals surface area contributed by atoms with E-state index in [0.717, 1.165) is 32.7 Å². The summed E-state index contributed by atoms with van der Waals surface area (Å²) in [4.78, 5) is 16.6. The van der Waals surface area contributed by atoms with Gasteiger partial charge in [-0.1, -0.05) is 30.3 Å². The van der Waals surface area contributed by atoms with Crippen LogP contribution in [0.15, 0.2) is 51.7 Å². The monoisotopic (exact) mass is 348 g/mol. The van der Waals surface area contributed by atoms with Gasteiger partial charge in [-0.3, -0.25) is 9.69 Å². The fraction of sp³-hybridized carbons (Fsp3) is 0.312. The average Bonchev–Trinajstić information content (AvgIpc) is 2.94. The summed E-state index contributed by atoms with van der Waals surface area (Å²) < 4.78 is 5.65. The van der Waals surface area contributed by atoms with Crippen molar-refractivity contribution in [2.45, 2.75) is 6.54 Å². The van der Waals surface area contributed by atoms with Crippen molar-refractivity contribution in [2.75, 3.05) is 26.2 Å². The molecule has 0 N–H and O–H groups in total. The number of hydrogen-bond acceptors (Lipinski definition) is 3. The van der Waals surface area contributed by atoms with Crippen molar-refractivity contribution in [3.63, 3.8) is 0 Å². The molecule has 0 bridgehead atoms. The highest BCUT2D eigenvalue weighted by molar-refractivity contribution is 9.10. The number of halogens is 1. The first-order valence-corrected chi connectivity index (χ1v) is 7.82.